The fraction of sp³-hybridized carbons (Fsp3) is 0.462. The Bertz CT molecular complexity index is 431. The Morgan fingerprint density at radius 3 is 3.00 bits per heavy atom. The number of carbonyl (C=O) groups is 1. The van der Waals surface area contributed by atoms with Gasteiger partial charge in [-0.05, 0) is 30.2 Å². The van der Waals surface area contributed by atoms with E-state index in [1.54, 1.807) is 11.9 Å². The summed E-state index contributed by atoms with van der Waals surface area (Å²) in [6, 6.07) is 5.83. The molecule has 0 fully saturated rings. The molecule has 17 heavy (non-hydrogen) atoms. The SMILES string of the molecule is CN(CCO)C(=O)c1ccc2c(c1)CCN2C. The first-order valence-electron chi connectivity index (χ1n) is 5.84. The molecule has 1 N–H and O–H groups in total. The topological polar surface area (TPSA) is 43.8 Å². The van der Waals surface area contributed by atoms with Crippen molar-refractivity contribution in [2.24, 2.45) is 0 Å². The summed E-state index contributed by atoms with van der Waals surface area (Å²) in [6.07, 6.45) is 0.997. The Balaban J connectivity index is 2.21. The Hall–Kier alpha value is -1.55. The molecule has 1 aromatic carbocycles. The number of anilines is 1. The summed E-state index contributed by atoms with van der Waals surface area (Å²) >= 11 is 0. The molecule has 0 saturated heterocycles. The fourth-order valence-electron chi connectivity index (χ4n) is 2.17. The van der Waals surface area contributed by atoms with Crippen molar-refractivity contribution in [2.75, 3.05) is 38.7 Å². The van der Waals surface area contributed by atoms with Crippen LogP contribution in [0.2, 0.25) is 0 Å². The van der Waals surface area contributed by atoms with E-state index < -0.39 is 0 Å². The highest BCUT2D eigenvalue weighted by Gasteiger charge is 2.18. The number of amides is 1. The maximum Gasteiger partial charge on any atom is 0.253 e. The van der Waals surface area contributed by atoms with Crippen LogP contribution in [0.3, 0.4) is 0 Å². The molecule has 1 aliphatic rings. The summed E-state index contributed by atoms with van der Waals surface area (Å²) in [4.78, 5) is 15.8. The molecule has 0 bridgehead atoms. The van der Waals surface area contributed by atoms with Crippen LogP contribution in [0.1, 0.15) is 15.9 Å². The van der Waals surface area contributed by atoms with Crippen LogP contribution in [0.4, 0.5) is 5.69 Å². The summed E-state index contributed by atoms with van der Waals surface area (Å²) in [6.45, 7) is 1.38. The van der Waals surface area contributed by atoms with Gasteiger partial charge in [0.2, 0.25) is 0 Å². The van der Waals surface area contributed by atoms with E-state index in [4.69, 9.17) is 5.11 Å². The van der Waals surface area contributed by atoms with Gasteiger partial charge in [0, 0.05) is 38.4 Å². The third-order valence-corrected chi connectivity index (χ3v) is 3.24. The normalized spacial score (nSPS) is 13.7. The molecule has 4 heteroatoms. The van der Waals surface area contributed by atoms with Crippen LogP contribution in [0.5, 0.6) is 0 Å². The maximum atomic E-state index is 12.0. The smallest absolute Gasteiger partial charge is 0.253 e. The molecule has 0 unspecified atom stereocenters. The first kappa shape index (κ1) is 11.9. The van der Waals surface area contributed by atoms with Gasteiger partial charge in [-0.15, -0.1) is 0 Å². The van der Waals surface area contributed by atoms with Crippen LogP contribution in [-0.4, -0.2) is 49.7 Å². The van der Waals surface area contributed by atoms with E-state index in [9.17, 15) is 4.79 Å². The van der Waals surface area contributed by atoms with Gasteiger partial charge in [0.05, 0.1) is 6.61 Å². The Morgan fingerprint density at radius 2 is 2.29 bits per heavy atom. The molecule has 0 aromatic heterocycles. The van der Waals surface area contributed by atoms with Crippen molar-refractivity contribution in [3.05, 3.63) is 29.3 Å². The number of fused-ring (bicyclic) bond motifs is 1. The lowest BCUT2D eigenvalue weighted by molar-refractivity contribution is 0.0767. The van der Waals surface area contributed by atoms with E-state index >= 15 is 0 Å². The van der Waals surface area contributed by atoms with Crippen LogP contribution in [0, 0.1) is 0 Å². The first-order chi connectivity index (χ1) is 8.13. The number of carbonyl (C=O) groups excluding carboxylic acids is 1. The Morgan fingerprint density at radius 1 is 1.53 bits per heavy atom. The monoisotopic (exact) mass is 234 g/mol. The first-order valence-corrected chi connectivity index (χ1v) is 5.84. The third-order valence-electron chi connectivity index (χ3n) is 3.24. The molecule has 1 aliphatic heterocycles. The van der Waals surface area contributed by atoms with Crippen molar-refractivity contribution >= 4 is 11.6 Å². The van der Waals surface area contributed by atoms with E-state index in [-0.39, 0.29) is 12.5 Å². The van der Waals surface area contributed by atoms with E-state index in [0.29, 0.717) is 12.1 Å². The van der Waals surface area contributed by atoms with Crippen LogP contribution >= 0.6 is 0 Å². The molecule has 92 valence electrons. The van der Waals surface area contributed by atoms with E-state index in [1.165, 1.54) is 11.3 Å². The number of aliphatic hydroxyl groups excluding tert-OH is 1. The number of benzene rings is 1. The van der Waals surface area contributed by atoms with Gasteiger partial charge < -0.3 is 14.9 Å². The predicted molar refractivity (Wildman–Crippen MR) is 67.5 cm³/mol. The van der Waals surface area contributed by atoms with Crippen molar-refractivity contribution in [3.63, 3.8) is 0 Å². The zero-order valence-corrected chi connectivity index (χ0v) is 10.3. The number of aliphatic hydroxyl groups is 1. The zero-order valence-electron chi connectivity index (χ0n) is 10.3. The van der Waals surface area contributed by atoms with Crippen molar-refractivity contribution in [2.45, 2.75) is 6.42 Å². The summed E-state index contributed by atoms with van der Waals surface area (Å²) in [7, 11) is 3.77. The number of rotatable bonds is 3. The number of nitrogens with zero attached hydrogens (tertiary/aromatic N) is 2. The van der Waals surface area contributed by atoms with Crippen LogP contribution in [0.15, 0.2) is 18.2 Å². The van der Waals surface area contributed by atoms with Gasteiger partial charge in [0.15, 0.2) is 0 Å². The lowest BCUT2D eigenvalue weighted by atomic mass is 10.1. The largest absolute Gasteiger partial charge is 0.395 e. The molecule has 0 atom stereocenters. The molecular formula is C13H18N2O2. The predicted octanol–water partition coefficient (Wildman–Crippen LogP) is 0.743. The number of hydrogen-bond donors (Lipinski definition) is 1. The quantitative estimate of drug-likeness (QED) is 0.839. The Kier molecular flexibility index (Phi) is 3.33. The van der Waals surface area contributed by atoms with Crippen molar-refractivity contribution < 1.29 is 9.90 Å². The summed E-state index contributed by atoms with van der Waals surface area (Å²) in [5, 5.41) is 8.82. The highest BCUT2D eigenvalue weighted by molar-refractivity contribution is 5.95. The van der Waals surface area contributed by atoms with Crippen LogP contribution < -0.4 is 4.90 Å². The molecule has 1 heterocycles. The summed E-state index contributed by atoms with van der Waals surface area (Å²) in [5.74, 6) is -0.0311. The lowest BCUT2D eigenvalue weighted by Gasteiger charge is -2.17. The highest BCUT2D eigenvalue weighted by Crippen LogP contribution is 2.27. The molecule has 0 radical (unpaired) electrons. The average Bonchev–Trinajstić information content (AvgIpc) is 2.70. The molecule has 4 nitrogen and oxygen atoms in total. The fourth-order valence-corrected chi connectivity index (χ4v) is 2.17. The van der Waals surface area contributed by atoms with Crippen molar-refractivity contribution in [3.8, 4) is 0 Å². The maximum absolute atomic E-state index is 12.0. The van der Waals surface area contributed by atoms with Crippen molar-refractivity contribution in [1.29, 1.82) is 0 Å². The lowest BCUT2D eigenvalue weighted by Crippen LogP contribution is -2.29. The number of hydrogen-bond acceptors (Lipinski definition) is 3. The standard InChI is InChI=1S/C13H18N2O2/c1-14-6-5-10-9-11(3-4-12(10)14)13(17)15(2)7-8-16/h3-4,9,16H,5-8H2,1-2H3. The van der Waals surface area contributed by atoms with Gasteiger partial charge in [-0.2, -0.15) is 0 Å². The summed E-state index contributed by atoms with van der Waals surface area (Å²) in [5.41, 5.74) is 3.15. The van der Waals surface area contributed by atoms with Gasteiger partial charge in [-0.3, -0.25) is 4.79 Å². The van der Waals surface area contributed by atoms with E-state index in [1.807, 2.05) is 18.2 Å². The van der Waals surface area contributed by atoms with Gasteiger partial charge in [0.25, 0.3) is 5.91 Å². The molecule has 1 aromatic rings. The molecular weight excluding hydrogens is 216 g/mol. The molecule has 0 saturated carbocycles. The van der Waals surface area contributed by atoms with Crippen LogP contribution in [-0.2, 0) is 6.42 Å². The summed E-state index contributed by atoms with van der Waals surface area (Å²) < 4.78 is 0. The minimum atomic E-state index is -0.0311. The molecule has 1 amide bonds. The second-order valence-electron chi connectivity index (χ2n) is 4.47. The van der Waals surface area contributed by atoms with E-state index in [0.717, 1.165) is 13.0 Å². The minimum Gasteiger partial charge on any atom is -0.395 e. The number of likely N-dealkylation sites (N-methyl/N-ethyl adjacent to an activating group) is 2. The average molecular weight is 234 g/mol. The molecule has 0 aliphatic carbocycles. The molecule has 2 rings (SSSR count). The van der Waals surface area contributed by atoms with Gasteiger partial charge >= 0.3 is 0 Å². The Labute approximate surface area is 101 Å². The minimum absolute atomic E-state index is 0.00405. The third kappa shape index (κ3) is 2.26. The van der Waals surface area contributed by atoms with E-state index in [2.05, 4.69) is 11.9 Å². The van der Waals surface area contributed by atoms with Gasteiger partial charge in [-0.25, -0.2) is 0 Å². The van der Waals surface area contributed by atoms with Crippen molar-refractivity contribution in [1.82, 2.24) is 4.90 Å². The van der Waals surface area contributed by atoms with Crippen LogP contribution in [0.25, 0.3) is 0 Å². The second kappa shape index (κ2) is 4.75. The van der Waals surface area contributed by atoms with Gasteiger partial charge in [0.1, 0.15) is 0 Å². The second-order valence-corrected chi connectivity index (χ2v) is 4.47. The zero-order chi connectivity index (χ0) is 12.4. The molecule has 0 spiro atoms. The highest BCUT2D eigenvalue weighted by atomic mass is 16.3. The van der Waals surface area contributed by atoms with Gasteiger partial charge in [-0.1, -0.05) is 0 Å².